The van der Waals surface area contributed by atoms with E-state index in [2.05, 4.69) is 56.5 Å². The fraction of sp³-hybridized carbons (Fsp3) is 0.276. The Bertz CT molecular complexity index is 1650. The lowest BCUT2D eigenvalue weighted by molar-refractivity contribution is 0.333. The standard InChI is InChI=1S/C29H30N8O2/c1-3-39-25-16-22-17-32-29(33-23-6-4-20(5-7-23)21-10-14-35(2)18-21)34-27(22)37(28(25)38)19-26-31-13-15-36(26)24-8-11-30-12-9-24/h4-9,11-13,15-17,21H,3,10,14,18-19H2,1-2H3,(H,32,33,34). The van der Waals surface area contributed by atoms with E-state index in [-0.39, 0.29) is 17.9 Å². The van der Waals surface area contributed by atoms with Crippen LogP contribution in [0.25, 0.3) is 16.7 Å². The van der Waals surface area contributed by atoms with Gasteiger partial charge in [-0.3, -0.25) is 14.3 Å². The Morgan fingerprint density at radius 3 is 2.64 bits per heavy atom. The van der Waals surface area contributed by atoms with Crippen LogP contribution in [-0.2, 0) is 6.54 Å². The zero-order chi connectivity index (χ0) is 26.8. The lowest BCUT2D eigenvalue weighted by Gasteiger charge is -2.15. The Morgan fingerprint density at radius 2 is 1.90 bits per heavy atom. The first-order chi connectivity index (χ1) is 19.1. The third-order valence-corrected chi connectivity index (χ3v) is 7.08. The van der Waals surface area contributed by atoms with Crippen LogP contribution in [0.4, 0.5) is 11.6 Å². The van der Waals surface area contributed by atoms with E-state index in [1.165, 1.54) is 12.0 Å². The highest BCUT2D eigenvalue weighted by Gasteiger charge is 2.21. The molecule has 1 N–H and O–H groups in total. The summed E-state index contributed by atoms with van der Waals surface area (Å²) in [6.45, 7) is 4.64. The molecule has 1 unspecified atom stereocenters. The van der Waals surface area contributed by atoms with E-state index in [4.69, 9.17) is 9.72 Å². The number of aromatic nitrogens is 6. The van der Waals surface area contributed by atoms with Crippen molar-refractivity contribution in [2.24, 2.45) is 0 Å². The van der Waals surface area contributed by atoms with Gasteiger partial charge in [0.2, 0.25) is 5.95 Å². The first-order valence-corrected chi connectivity index (χ1v) is 13.1. The summed E-state index contributed by atoms with van der Waals surface area (Å²) in [7, 11) is 2.16. The molecule has 0 saturated carbocycles. The molecule has 1 aliphatic heterocycles. The number of nitrogens with zero attached hydrogens (tertiary/aromatic N) is 7. The second-order valence-corrected chi connectivity index (χ2v) is 9.72. The van der Waals surface area contributed by atoms with Gasteiger partial charge in [0.15, 0.2) is 5.75 Å². The van der Waals surface area contributed by atoms with Crippen molar-refractivity contribution in [1.82, 2.24) is 34.0 Å². The number of likely N-dealkylation sites (tertiary alicyclic amines) is 1. The molecule has 1 atom stereocenters. The molecule has 5 aromatic rings. The van der Waals surface area contributed by atoms with Gasteiger partial charge in [-0.1, -0.05) is 12.1 Å². The lowest BCUT2D eigenvalue weighted by atomic mass is 9.98. The fourth-order valence-corrected chi connectivity index (χ4v) is 5.11. The minimum atomic E-state index is -0.274. The normalized spacial score (nSPS) is 15.6. The zero-order valence-electron chi connectivity index (χ0n) is 22.0. The molecule has 10 nitrogen and oxygen atoms in total. The molecule has 0 amide bonds. The molecule has 1 aliphatic rings. The molecule has 1 fully saturated rings. The summed E-state index contributed by atoms with van der Waals surface area (Å²) >= 11 is 0. The van der Waals surface area contributed by atoms with Gasteiger partial charge in [0.05, 0.1) is 13.2 Å². The van der Waals surface area contributed by atoms with Crippen molar-refractivity contribution in [1.29, 1.82) is 0 Å². The number of likely N-dealkylation sites (N-methyl/N-ethyl adjacent to an activating group) is 1. The zero-order valence-corrected chi connectivity index (χ0v) is 22.0. The van der Waals surface area contributed by atoms with Gasteiger partial charge in [-0.15, -0.1) is 0 Å². The first-order valence-electron chi connectivity index (χ1n) is 13.1. The third-order valence-electron chi connectivity index (χ3n) is 7.08. The Hall–Kier alpha value is -4.57. The molecule has 0 radical (unpaired) electrons. The van der Waals surface area contributed by atoms with E-state index in [1.807, 2.05) is 29.8 Å². The van der Waals surface area contributed by atoms with Crippen LogP contribution in [0.2, 0.25) is 0 Å². The van der Waals surface area contributed by atoms with Gasteiger partial charge in [-0.05, 0) is 68.8 Å². The van der Waals surface area contributed by atoms with Crippen LogP contribution in [0.1, 0.15) is 30.7 Å². The van der Waals surface area contributed by atoms with Gasteiger partial charge >= 0.3 is 0 Å². The van der Waals surface area contributed by atoms with Crippen molar-refractivity contribution in [2.45, 2.75) is 25.8 Å². The summed E-state index contributed by atoms with van der Waals surface area (Å²) in [5.41, 5.74) is 3.35. The number of hydrogen-bond acceptors (Lipinski definition) is 8. The Kier molecular flexibility index (Phi) is 6.76. The monoisotopic (exact) mass is 522 g/mol. The Labute approximate surface area is 226 Å². The van der Waals surface area contributed by atoms with E-state index < -0.39 is 0 Å². The van der Waals surface area contributed by atoms with Gasteiger partial charge in [-0.2, -0.15) is 4.98 Å². The van der Waals surface area contributed by atoms with Gasteiger partial charge in [-0.25, -0.2) is 9.97 Å². The summed E-state index contributed by atoms with van der Waals surface area (Å²) in [6.07, 6.45) is 9.91. The smallest absolute Gasteiger partial charge is 0.294 e. The highest BCUT2D eigenvalue weighted by molar-refractivity contribution is 5.77. The summed E-state index contributed by atoms with van der Waals surface area (Å²) in [6, 6.07) is 13.9. The third kappa shape index (κ3) is 5.10. The van der Waals surface area contributed by atoms with E-state index in [0.29, 0.717) is 35.3 Å². The van der Waals surface area contributed by atoms with E-state index in [9.17, 15) is 4.79 Å². The Balaban J connectivity index is 1.34. The summed E-state index contributed by atoms with van der Waals surface area (Å²) in [5.74, 6) is 1.91. The van der Waals surface area contributed by atoms with Crippen LogP contribution in [-0.4, -0.2) is 60.7 Å². The number of imidazole rings is 1. The molecule has 0 spiro atoms. The van der Waals surface area contributed by atoms with Crippen LogP contribution in [0.3, 0.4) is 0 Å². The summed E-state index contributed by atoms with van der Waals surface area (Å²) < 4.78 is 9.18. The minimum absolute atomic E-state index is 0.201. The number of pyridine rings is 2. The number of hydrogen-bond donors (Lipinski definition) is 1. The molecule has 39 heavy (non-hydrogen) atoms. The van der Waals surface area contributed by atoms with E-state index >= 15 is 0 Å². The van der Waals surface area contributed by atoms with Crippen LogP contribution in [0.15, 0.2) is 78.2 Å². The van der Waals surface area contributed by atoms with Crippen molar-refractivity contribution in [3.05, 3.63) is 95.2 Å². The number of fused-ring (bicyclic) bond motifs is 1. The predicted octanol–water partition coefficient (Wildman–Crippen LogP) is 3.98. The lowest BCUT2D eigenvalue weighted by Crippen LogP contribution is -2.25. The first kappa shape index (κ1) is 24.7. The van der Waals surface area contributed by atoms with Crippen molar-refractivity contribution in [3.8, 4) is 11.4 Å². The second kappa shape index (κ2) is 10.7. The molecular weight excluding hydrogens is 492 g/mol. The molecule has 1 aromatic carbocycles. The van der Waals surface area contributed by atoms with Crippen LogP contribution < -0.4 is 15.6 Å². The van der Waals surface area contributed by atoms with Crippen molar-refractivity contribution < 1.29 is 4.74 Å². The van der Waals surface area contributed by atoms with Crippen molar-refractivity contribution >= 4 is 22.7 Å². The van der Waals surface area contributed by atoms with Crippen LogP contribution in [0, 0.1) is 0 Å². The van der Waals surface area contributed by atoms with Crippen molar-refractivity contribution in [3.63, 3.8) is 0 Å². The average Bonchev–Trinajstić information content (AvgIpc) is 3.61. The number of benzene rings is 1. The summed E-state index contributed by atoms with van der Waals surface area (Å²) in [4.78, 5) is 33.8. The molecule has 10 heteroatoms. The van der Waals surface area contributed by atoms with Gasteiger partial charge in [0, 0.05) is 54.3 Å². The average molecular weight is 523 g/mol. The minimum Gasteiger partial charge on any atom is -0.488 e. The quantitative estimate of drug-likeness (QED) is 0.326. The van der Waals surface area contributed by atoms with E-state index in [0.717, 1.165) is 24.5 Å². The molecule has 0 aliphatic carbocycles. The molecule has 0 bridgehead atoms. The van der Waals surface area contributed by atoms with Crippen molar-refractivity contribution in [2.75, 3.05) is 32.1 Å². The number of ether oxygens (including phenoxy) is 1. The van der Waals surface area contributed by atoms with Gasteiger partial charge < -0.3 is 19.5 Å². The SMILES string of the molecule is CCOc1cc2cnc(Nc3ccc(C4CCN(C)C4)cc3)nc2n(Cc2nccn2-c2ccncc2)c1=O. The van der Waals surface area contributed by atoms with Crippen LogP contribution >= 0.6 is 0 Å². The predicted molar refractivity (Wildman–Crippen MR) is 150 cm³/mol. The number of anilines is 2. The highest BCUT2D eigenvalue weighted by Crippen LogP contribution is 2.28. The summed E-state index contributed by atoms with van der Waals surface area (Å²) in [5, 5.41) is 4.00. The topological polar surface area (TPSA) is 103 Å². The maximum atomic E-state index is 13.5. The molecule has 4 aromatic heterocycles. The van der Waals surface area contributed by atoms with E-state index in [1.54, 1.807) is 35.4 Å². The molecule has 1 saturated heterocycles. The fourth-order valence-electron chi connectivity index (χ4n) is 5.11. The highest BCUT2D eigenvalue weighted by atomic mass is 16.5. The molecular formula is C29H30N8O2. The Morgan fingerprint density at radius 1 is 1.08 bits per heavy atom. The molecule has 198 valence electrons. The maximum absolute atomic E-state index is 13.5. The number of nitrogens with one attached hydrogen (secondary N) is 1. The largest absolute Gasteiger partial charge is 0.488 e. The maximum Gasteiger partial charge on any atom is 0.294 e. The molecule has 5 heterocycles. The number of rotatable bonds is 8. The van der Waals surface area contributed by atoms with Gasteiger partial charge in [0.1, 0.15) is 11.5 Å². The second-order valence-electron chi connectivity index (χ2n) is 9.72. The molecule has 6 rings (SSSR count). The van der Waals surface area contributed by atoms with Gasteiger partial charge in [0.25, 0.3) is 5.56 Å². The van der Waals surface area contributed by atoms with Crippen LogP contribution in [0.5, 0.6) is 5.75 Å².